The second-order valence-corrected chi connectivity index (χ2v) is 9.41. The molecule has 0 saturated carbocycles. The molecule has 7 nitrogen and oxygen atoms in total. The Morgan fingerprint density at radius 2 is 2.00 bits per heavy atom. The average molecular weight is 404 g/mol. The number of carbonyl (C=O) groups is 1. The lowest BCUT2D eigenvalue weighted by molar-refractivity contribution is -0.125. The first kappa shape index (κ1) is 19.1. The molecule has 1 aromatic carbocycles. The van der Waals surface area contributed by atoms with Crippen LogP contribution in [0.1, 0.15) is 54.3 Å². The third-order valence-corrected chi connectivity index (χ3v) is 7.88. The number of amides is 1. The monoisotopic (exact) mass is 403 g/mol. The normalized spacial score (nSPS) is 22.8. The number of hydrogen-bond donors (Lipinski definition) is 1. The van der Waals surface area contributed by atoms with Crippen molar-refractivity contribution in [1.29, 1.82) is 0 Å². The summed E-state index contributed by atoms with van der Waals surface area (Å²) in [5, 5.41) is 6.87. The molecule has 2 aliphatic rings. The van der Waals surface area contributed by atoms with E-state index in [1.807, 2.05) is 18.2 Å². The minimum absolute atomic E-state index is 0.0679. The average Bonchev–Trinajstić information content (AvgIpc) is 3.29. The highest BCUT2D eigenvalue weighted by molar-refractivity contribution is 7.89. The van der Waals surface area contributed by atoms with E-state index in [0.717, 1.165) is 24.8 Å². The fourth-order valence-electron chi connectivity index (χ4n) is 4.42. The molecule has 2 atom stereocenters. The number of aryl methyl sites for hydroxylation is 3. The van der Waals surface area contributed by atoms with Crippen LogP contribution in [0.4, 0.5) is 0 Å². The van der Waals surface area contributed by atoms with Gasteiger partial charge in [-0.2, -0.15) is 4.31 Å². The highest BCUT2D eigenvalue weighted by Crippen LogP contribution is 2.32. The highest BCUT2D eigenvalue weighted by Gasteiger charge is 2.42. The molecular formula is C20H25N3O4S. The van der Waals surface area contributed by atoms with Crippen LogP contribution in [-0.4, -0.2) is 36.4 Å². The first-order valence-electron chi connectivity index (χ1n) is 9.72. The van der Waals surface area contributed by atoms with E-state index in [1.54, 1.807) is 13.8 Å². The molecule has 0 radical (unpaired) electrons. The summed E-state index contributed by atoms with van der Waals surface area (Å²) < 4.78 is 32.7. The van der Waals surface area contributed by atoms with Crippen LogP contribution in [0.25, 0.3) is 0 Å². The smallest absolute Gasteiger partial charge is 0.249 e. The van der Waals surface area contributed by atoms with Crippen LogP contribution in [0.2, 0.25) is 0 Å². The number of hydrogen-bond acceptors (Lipinski definition) is 5. The fraction of sp³-hybridized carbons (Fsp3) is 0.500. The number of benzene rings is 1. The van der Waals surface area contributed by atoms with Gasteiger partial charge in [-0.1, -0.05) is 29.4 Å². The molecule has 1 amide bonds. The largest absolute Gasteiger partial charge is 0.360 e. The number of fused-ring (bicyclic) bond motifs is 1. The fourth-order valence-corrected chi connectivity index (χ4v) is 6.37. The van der Waals surface area contributed by atoms with E-state index >= 15 is 0 Å². The van der Waals surface area contributed by atoms with E-state index in [2.05, 4.69) is 16.5 Å². The molecule has 1 N–H and O–H groups in total. The van der Waals surface area contributed by atoms with Crippen LogP contribution in [0.3, 0.4) is 0 Å². The van der Waals surface area contributed by atoms with E-state index in [0.29, 0.717) is 25.1 Å². The molecule has 8 heteroatoms. The molecular weight excluding hydrogens is 378 g/mol. The van der Waals surface area contributed by atoms with Crippen molar-refractivity contribution in [3.63, 3.8) is 0 Å². The molecule has 150 valence electrons. The van der Waals surface area contributed by atoms with Crippen molar-refractivity contribution in [2.75, 3.05) is 6.54 Å². The van der Waals surface area contributed by atoms with Crippen LogP contribution < -0.4 is 5.32 Å². The molecule has 1 saturated heterocycles. The number of sulfonamides is 1. The Morgan fingerprint density at radius 1 is 1.21 bits per heavy atom. The van der Waals surface area contributed by atoms with E-state index in [9.17, 15) is 13.2 Å². The molecule has 2 aromatic rings. The first-order valence-corrected chi connectivity index (χ1v) is 11.2. The van der Waals surface area contributed by atoms with Crippen molar-refractivity contribution >= 4 is 15.9 Å². The van der Waals surface area contributed by atoms with Crippen LogP contribution in [-0.2, 0) is 21.2 Å². The zero-order valence-electron chi connectivity index (χ0n) is 16.1. The lowest BCUT2D eigenvalue weighted by Crippen LogP contribution is -2.47. The maximum Gasteiger partial charge on any atom is 0.249 e. The van der Waals surface area contributed by atoms with Crippen molar-refractivity contribution in [1.82, 2.24) is 14.8 Å². The molecule has 2 heterocycles. The quantitative estimate of drug-likeness (QED) is 0.847. The highest BCUT2D eigenvalue weighted by atomic mass is 32.2. The summed E-state index contributed by atoms with van der Waals surface area (Å²) in [6.45, 7) is 3.51. The van der Waals surface area contributed by atoms with Crippen molar-refractivity contribution < 1.29 is 17.7 Å². The van der Waals surface area contributed by atoms with Gasteiger partial charge < -0.3 is 9.84 Å². The van der Waals surface area contributed by atoms with Crippen LogP contribution in [0, 0.1) is 13.8 Å². The van der Waals surface area contributed by atoms with Gasteiger partial charge in [0.1, 0.15) is 16.6 Å². The third kappa shape index (κ3) is 3.24. The van der Waals surface area contributed by atoms with E-state index in [-0.39, 0.29) is 22.6 Å². The summed E-state index contributed by atoms with van der Waals surface area (Å²) in [4.78, 5) is 13.1. The lowest BCUT2D eigenvalue weighted by atomic mass is 9.87. The SMILES string of the molecule is Cc1noc(C)c1S(=O)(=O)N1CCC[C@H]1C(=O)N[C@@H]1CCCc2ccccc21. The summed E-state index contributed by atoms with van der Waals surface area (Å²) in [5.41, 5.74) is 2.72. The maximum absolute atomic E-state index is 13.2. The van der Waals surface area contributed by atoms with Gasteiger partial charge in [0, 0.05) is 6.54 Å². The van der Waals surface area contributed by atoms with Gasteiger partial charge in [0.2, 0.25) is 15.9 Å². The van der Waals surface area contributed by atoms with Crippen molar-refractivity contribution in [3.05, 3.63) is 46.8 Å². The Bertz CT molecular complexity index is 979. The maximum atomic E-state index is 13.2. The summed E-state index contributed by atoms with van der Waals surface area (Å²) in [7, 11) is -3.84. The molecule has 0 spiro atoms. The van der Waals surface area contributed by atoms with Gasteiger partial charge in [-0.3, -0.25) is 4.79 Å². The summed E-state index contributed by atoms with van der Waals surface area (Å²) in [6.07, 6.45) is 4.06. The van der Waals surface area contributed by atoms with Crippen molar-refractivity contribution in [3.8, 4) is 0 Å². The van der Waals surface area contributed by atoms with Crippen LogP contribution in [0.15, 0.2) is 33.7 Å². The van der Waals surface area contributed by atoms with Crippen molar-refractivity contribution in [2.24, 2.45) is 0 Å². The van der Waals surface area contributed by atoms with Gasteiger partial charge in [0.25, 0.3) is 0 Å². The van der Waals surface area contributed by atoms with Gasteiger partial charge in [-0.05, 0) is 57.1 Å². The zero-order chi connectivity index (χ0) is 19.9. The Labute approximate surface area is 165 Å². The molecule has 1 aliphatic carbocycles. The number of aromatic nitrogens is 1. The number of carbonyl (C=O) groups excluding carboxylic acids is 1. The van der Waals surface area contributed by atoms with Gasteiger partial charge in [0.15, 0.2) is 5.76 Å². The van der Waals surface area contributed by atoms with E-state index in [1.165, 1.54) is 9.87 Å². The predicted molar refractivity (Wildman–Crippen MR) is 103 cm³/mol. The number of nitrogens with one attached hydrogen (secondary N) is 1. The Kier molecular flexibility index (Phi) is 5.01. The lowest BCUT2D eigenvalue weighted by Gasteiger charge is -2.29. The van der Waals surface area contributed by atoms with Gasteiger partial charge in [0.05, 0.1) is 6.04 Å². The molecule has 0 bridgehead atoms. The summed E-state index contributed by atoms with van der Waals surface area (Å²) >= 11 is 0. The van der Waals surface area contributed by atoms with Gasteiger partial charge >= 0.3 is 0 Å². The molecule has 28 heavy (non-hydrogen) atoms. The predicted octanol–water partition coefficient (Wildman–Crippen LogP) is 2.64. The Morgan fingerprint density at radius 3 is 2.75 bits per heavy atom. The van der Waals surface area contributed by atoms with Crippen LogP contribution in [0.5, 0.6) is 0 Å². The third-order valence-electron chi connectivity index (χ3n) is 5.73. The Balaban J connectivity index is 1.57. The van der Waals surface area contributed by atoms with Crippen molar-refractivity contribution in [2.45, 2.75) is 62.9 Å². The van der Waals surface area contributed by atoms with Gasteiger partial charge in [-0.15, -0.1) is 0 Å². The van der Waals surface area contributed by atoms with Crippen LogP contribution >= 0.6 is 0 Å². The topological polar surface area (TPSA) is 92.5 Å². The summed E-state index contributed by atoms with van der Waals surface area (Å²) in [5.74, 6) is 0.0271. The van der Waals surface area contributed by atoms with E-state index in [4.69, 9.17) is 4.52 Å². The molecule has 1 fully saturated rings. The Hall–Kier alpha value is -2.19. The number of rotatable bonds is 4. The minimum Gasteiger partial charge on any atom is -0.360 e. The molecule has 1 aromatic heterocycles. The van der Waals surface area contributed by atoms with Gasteiger partial charge in [-0.25, -0.2) is 8.42 Å². The first-order chi connectivity index (χ1) is 13.4. The molecule has 4 rings (SSSR count). The second-order valence-electron chi connectivity index (χ2n) is 7.58. The second kappa shape index (κ2) is 7.33. The standard InChI is InChI=1S/C20H25N3O4S/c1-13-19(14(2)27-22-13)28(25,26)23-12-6-11-18(23)20(24)21-17-10-5-8-15-7-3-4-9-16(15)17/h3-4,7,9,17-18H,5-6,8,10-12H2,1-2H3,(H,21,24)/t17-,18+/m1/s1. The minimum atomic E-state index is -3.84. The molecule has 0 unspecified atom stereocenters. The number of nitrogens with zero attached hydrogens (tertiary/aromatic N) is 2. The zero-order valence-corrected chi connectivity index (χ0v) is 17.0. The molecule has 1 aliphatic heterocycles. The van der Waals surface area contributed by atoms with E-state index < -0.39 is 16.1 Å². The summed E-state index contributed by atoms with van der Waals surface area (Å²) in [6, 6.07) is 7.36.